The molecule has 4 aromatic rings. The van der Waals surface area contributed by atoms with Crippen LogP contribution >= 0.6 is 0 Å². The molecule has 1 saturated heterocycles. The predicted molar refractivity (Wildman–Crippen MR) is 171 cm³/mol. The highest BCUT2D eigenvalue weighted by Crippen LogP contribution is 2.33. The standard InChI is InChI=1S/C34H38N2O9S/c1-35-18-16-24-21-27(12-13-28(24)35)46(40,41)36-17-5-4-9-29(36)34(39)45-30(25-7-6-8-26(20-25)44-22-33(37)38)14-10-23-11-15-31(42-2)32(19-23)43-3/h6-8,11-13,15-16,18-21,29-30H,4-5,9-10,14,17,22H2,1-3H3,(H,37,38)/t29?,30-/m1/s1. The minimum Gasteiger partial charge on any atom is -0.493 e. The minimum atomic E-state index is -4.01. The first-order chi connectivity index (χ1) is 22.1. The molecule has 3 aromatic carbocycles. The Morgan fingerprint density at radius 3 is 2.54 bits per heavy atom. The average molecular weight is 651 g/mol. The molecule has 2 atom stereocenters. The Bertz CT molecular complexity index is 1820. The van der Waals surface area contributed by atoms with Gasteiger partial charge >= 0.3 is 11.9 Å². The number of piperidine rings is 1. The molecule has 1 aromatic heterocycles. The van der Waals surface area contributed by atoms with Crippen molar-refractivity contribution in [3.63, 3.8) is 0 Å². The maximum absolute atomic E-state index is 13.9. The molecule has 2 heterocycles. The van der Waals surface area contributed by atoms with E-state index in [0.717, 1.165) is 16.5 Å². The molecule has 0 bridgehead atoms. The number of methoxy groups -OCH3 is 2. The summed E-state index contributed by atoms with van der Waals surface area (Å²) in [5.41, 5.74) is 2.41. The number of rotatable bonds is 13. The van der Waals surface area contributed by atoms with Crippen LogP contribution in [0.4, 0.5) is 0 Å². The van der Waals surface area contributed by atoms with Crippen LogP contribution in [0.5, 0.6) is 17.2 Å². The molecule has 1 N–H and O–H groups in total. The van der Waals surface area contributed by atoms with Gasteiger partial charge in [0.05, 0.1) is 19.1 Å². The van der Waals surface area contributed by atoms with Crippen LogP contribution in [-0.2, 0) is 37.8 Å². The Balaban J connectivity index is 1.41. The third kappa shape index (κ3) is 7.29. The molecule has 5 rings (SSSR count). The number of fused-ring (bicyclic) bond motifs is 1. The molecule has 46 heavy (non-hydrogen) atoms. The minimum absolute atomic E-state index is 0.124. The van der Waals surface area contributed by atoms with Crippen molar-refractivity contribution in [1.29, 1.82) is 0 Å². The fraction of sp³-hybridized carbons (Fsp3) is 0.353. The van der Waals surface area contributed by atoms with Crippen LogP contribution in [0.1, 0.15) is 42.9 Å². The number of esters is 1. The highest BCUT2D eigenvalue weighted by molar-refractivity contribution is 7.89. The van der Waals surface area contributed by atoms with Crippen molar-refractivity contribution in [2.45, 2.75) is 49.1 Å². The van der Waals surface area contributed by atoms with Crippen molar-refractivity contribution in [1.82, 2.24) is 8.87 Å². The smallest absolute Gasteiger partial charge is 0.341 e. The number of carboxylic acid groups (broad SMARTS) is 1. The number of benzene rings is 3. The van der Waals surface area contributed by atoms with E-state index in [4.69, 9.17) is 24.1 Å². The van der Waals surface area contributed by atoms with Crippen molar-refractivity contribution >= 4 is 32.9 Å². The zero-order valence-corrected chi connectivity index (χ0v) is 26.9. The lowest BCUT2D eigenvalue weighted by molar-refractivity contribution is -0.155. The molecular formula is C34H38N2O9S. The lowest BCUT2D eigenvalue weighted by atomic mass is 10.00. The van der Waals surface area contributed by atoms with Crippen molar-refractivity contribution in [2.75, 3.05) is 27.4 Å². The number of carbonyl (C=O) groups is 2. The quantitative estimate of drug-likeness (QED) is 0.196. The van der Waals surface area contributed by atoms with Crippen LogP contribution in [0.25, 0.3) is 10.9 Å². The first kappa shape index (κ1) is 32.8. The molecule has 0 amide bonds. The summed E-state index contributed by atoms with van der Waals surface area (Å²) in [4.78, 5) is 25.1. The molecule has 0 aliphatic carbocycles. The van der Waals surface area contributed by atoms with Crippen LogP contribution in [0, 0.1) is 0 Å². The van der Waals surface area contributed by atoms with Crippen LogP contribution in [-0.4, -0.2) is 67.7 Å². The summed E-state index contributed by atoms with van der Waals surface area (Å²) < 4.78 is 53.3. The Kier molecular flexibility index (Phi) is 10.2. The molecule has 1 aliphatic heterocycles. The van der Waals surface area contributed by atoms with Crippen molar-refractivity contribution < 1.29 is 42.1 Å². The van der Waals surface area contributed by atoms with E-state index in [9.17, 15) is 18.0 Å². The largest absolute Gasteiger partial charge is 0.493 e. The zero-order chi connectivity index (χ0) is 32.8. The lowest BCUT2D eigenvalue weighted by Crippen LogP contribution is -2.48. The SMILES string of the molecule is COc1ccc(CC[C@@H](OC(=O)C2CCCCN2S(=O)(=O)c2ccc3c(ccn3C)c2)c2cccc(OCC(=O)O)c2)cc1OC. The number of carbonyl (C=O) groups excluding carboxylic acids is 1. The number of aliphatic carboxylic acids is 1. The maximum atomic E-state index is 13.9. The normalized spacial score (nSPS) is 16.1. The van der Waals surface area contributed by atoms with Gasteiger partial charge in [-0.3, -0.25) is 4.79 Å². The highest BCUT2D eigenvalue weighted by atomic mass is 32.2. The molecule has 1 aliphatic rings. The van der Waals surface area contributed by atoms with Crippen LogP contribution in [0.15, 0.2) is 77.8 Å². The summed E-state index contributed by atoms with van der Waals surface area (Å²) >= 11 is 0. The topological polar surface area (TPSA) is 134 Å². The van der Waals surface area contributed by atoms with E-state index >= 15 is 0 Å². The number of sulfonamides is 1. The molecule has 0 saturated carbocycles. The van der Waals surface area contributed by atoms with Gasteiger partial charge in [0, 0.05) is 30.7 Å². The lowest BCUT2D eigenvalue weighted by Gasteiger charge is -2.34. The zero-order valence-electron chi connectivity index (χ0n) is 26.0. The van der Waals surface area contributed by atoms with Crippen LogP contribution in [0.3, 0.4) is 0 Å². The van der Waals surface area contributed by atoms with Gasteiger partial charge in [-0.15, -0.1) is 0 Å². The number of hydrogen-bond donors (Lipinski definition) is 1. The number of nitrogens with zero attached hydrogens (tertiary/aromatic N) is 2. The van der Waals surface area contributed by atoms with Crippen molar-refractivity contribution in [3.8, 4) is 17.2 Å². The second-order valence-corrected chi connectivity index (χ2v) is 13.1. The Morgan fingerprint density at radius 2 is 1.78 bits per heavy atom. The first-order valence-corrected chi connectivity index (χ1v) is 16.5. The molecule has 0 radical (unpaired) electrons. The van der Waals surface area contributed by atoms with Gasteiger partial charge in [0.25, 0.3) is 0 Å². The molecule has 1 fully saturated rings. The summed E-state index contributed by atoms with van der Waals surface area (Å²) in [5.74, 6) is -0.299. The molecular weight excluding hydrogens is 612 g/mol. The number of ether oxygens (including phenoxy) is 4. The fourth-order valence-corrected chi connectivity index (χ4v) is 7.46. The summed E-state index contributed by atoms with van der Waals surface area (Å²) in [6.45, 7) is -0.326. The molecule has 1 unspecified atom stereocenters. The van der Waals surface area contributed by atoms with E-state index in [2.05, 4.69) is 0 Å². The molecule has 244 valence electrons. The van der Waals surface area contributed by atoms with Crippen LogP contribution in [0.2, 0.25) is 0 Å². The third-order valence-corrected chi connectivity index (χ3v) is 10.1. The summed E-state index contributed by atoms with van der Waals surface area (Å²) in [5, 5.41) is 9.86. The van der Waals surface area contributed by atoms with Gasteiger partial charge in [-0.25, -0.2) is 13.2 Å². The average Bonchev–Trinajstić information content (AvgIpc) is 3.45. The van der Waals surface area contributed by atoms with Gasteiger partial charge in [0.1, 0.15) is 17.9 Å². The van der Waals surface area contributed by atoms with Gasteiger partial charge in [-0.05, 0) is 91.8 Å². The molecule has 0 spiro atoms. The van der Waals surface area contributed by atoms with Gasteiger partial charge in [0.2, 0.25) is 10.0 Å². The second kappa shape index (κ2) is 14.3. The van der Waals surface area contributed by atoms with Crippen molar-refractivity contribution in [2.24, 2.45) is 7.05 Å². The van der Waals surface area contributed by atoms with Gasteiger partial charge in [-0.1, -0.05) is 18.2 Å². The fourth-order valence-electron chi connectivity index (χ4n) is 5.78. The summed E-state index contributed by atoms with van der Waals surface area (Å²) in [6, 6.07) is 18.1. The predicted octanol–water partition coefficient (Wildman–Crippen LogP) is 5.12. The molecule has 12 heteroatoms. The summed E-state index contributed by atoms with van der Waals surface area (Å²) in [6.07, 6.45) is 3.57. The number of aryl methyl sites for hydroxylation is 2. The van der Waals surface area contributed by atoms with E-state index in [1.807, 2.05) is 36.0 Å². The summed E-state index contributed by atoms with van der Waals surface area (Å²) in [7, 11) is 0.992. The number of carboxylic acids is 1. The van der Waals surface area contributed by atoms with Crippen LogP contribution < -0.4 is 14.2 Å². The van der Waals surface area contributed by atoms with E-state index in [1.165, 1.54) is 4.31 Å². The van der Waals surface area contributed by atoms with E-state index < -0.39 is 40.7 Å². The Morgan fingerprint density at radius 1 is 0.978 bits per heavy atom. The second-order valence-electron chi connectivity index (χ2n) is 11.2. The van der Waals surface area contributed by atoms with E-state index in [1.54, 1.807) is 62.8 Å². The van der Waals surface area contributed by atoms with Gasteiger partial charge < -0.3 is 28.6 Å². The number of hydrogen-bond acceptors (Lipinski definition) is 8. The highest BCUT2D eigenvalue weighted by Gasteiger charge is 2.39. The van der Waals surface area contributed by atoms with E-state index in [0.29, 0.717) is 54.9 Å². The van der Waals surface area contributed by atoms with E-state index in [-0.39, 0.29) is 11.4 Å². The monoisotopic (exact) mass is 650 g/mol. The molecule has 11 nitrogen and oxygen atoms in total. The third-order valence-electron chi connectivity index (χ3n) is 8.18. The van der Waals surface area contributed by atoms with Gasteiger partial charge in [-0.2, -0.15) is 4.31 Å². The first-order valence-electron chi connectivity index (χ1n) is 15.0. The Labute approximate surface area is 268 Å². The van der Waals surface area contributed by atoms with Crippen molar-refractivity contribution in [3.05, 3.63) is 84.1 Å². The van der Waals surface area contributed by atoms with Gasteiger partial charge in [0.15, 0.2) is 18.1 Å². The number of aromatic nitrogens is 1. The maximum Gasteiger partial charge on any atom is 0.341 e. The Hall–Kier alpha value is -4.55.